The molecule has 0 atom stereocenters. The summed E-state index contributed by atoms with van der Waals surface area (Å²) in [6.07, 6.45) is 1.68. The third-order valence-electron chi connectivity index (χ3n) is 2.87. The molecule has 2 aromatic rings. The molecule has 4 heteroatoms. The van der Waals surface area contributed by atoms with Crippen LogP contribution in [-0.2, 0) is 6.61 Å². The molecule has 1 aromatic heterocycles. The molecule has 0 saturated heterocycles. The van der Waals surface area contributed by atoms with Crippen LogP contribution in [0.1, 0.15) is 27.2 Å². The van der Waals surface area contributed by atoms with Crippen LogP contribution in [0.2, 0.25) is 0 Å². The summed E-state index contributed by atoms with van der Waals surface area (Å²) in [5, 5.41) is 8.89. The second-order valence-corrected chi connectivity index (χ2v) is 4.37. The van der Waals surface area contributed by atoms with Gasteiger partial charge in [-0.05, 0) is 49.2 Å². The van der Waals surface area contributed by atoms with Gasteiger partial charge in [0.15, 0.2) is 0 Å². The molecule has 1 heterocycles. The number of benzene rings is 1. The van der Waals surface area contributed by atoms with Crippen LogP contribution >= 0.6 is 0 Å². The van der Waals surface area contributed by atoms with Crippen LogP contribution in [0.3, 0.4) is 0 Å². The van der Waals surface area contributed by atoms with Crippen molar-refractivity contribution in [1.29, 1.82) is 0 Å². The minimum absolute atomic E-state index is 0.290. The third-order valence-corrected chi connectivity index (χ3v) is 2.87. The average Bonchev–Trinajstić information content (AvgIpc) is 2.39. The molecule has 0 bridgehead atoms. The van der Waals surface area contributed by atoms with Crippen LogP contribution in [0, 0.1) is 13.8 Å². The number of nitrogens with zero attached hydrogens (tertiary/aromatic N) is 1. The van der Waals surface area contributed by atoms with Gasteiger partial charge in [0.05, 0.1) is 11.8 Å². The van der Waals surface area contributed by atoms with E-state index < -0.39 is 5.97 Å². The number of aryl methyl sites for hydroxylation is 2. The van der Waals surface area contributed by atoms with Gasteiger partial charge in [0.1, 0.15) is 12.4 Å². The van der Waals surface area contributed by atoms with Crippen LogP contribution in [0.4, 0.5) is 0 Å². The maximum absolute atomic E-state index is 10.8. The first-order chi connectivity index (χ1) is 9.06. The van der Waals surface area contributed by atoms with E-state index in [9.17, 15) is 4.79 Å². The molecule has 0 aliphatic heterocycles. The fourth-order valence-corrected chi connectivity index (χ4v) is 1.69. The molecule has 0 aliphatic rings. The van der Waals surface area contributed by atoms with Crippen molar-refractivity contribution in [3.8, 4) is 5.75 Å². The zero-order valence-electron chi connectivity index (χ0n) is 10.9. The van der Waals surface area contributed by atoms with Crippen LogP contribution in [0.5, 0.6) is 5.75 Å². The second kappa shape index (κ2) is 5.52. The molecule has 2 rings (SSSR count). The van der Waals surface area contributed by atoms with E-state index in [-0.39, 0.29) is 0 Å². The first kappa shape index (κ1) is 13.1. The lowest BCUT2D eigenvalue weighted by Gasteiger charge is -2.09. The number of carbonyl (C=O) groups is 1. The van der Waals surface area contributed by atoms with Crippen LogP contribution in [0.15, 0.2) is 36.5 Å². The van der Waals surface area contributed by atoms with E-state index >= 15 is 0 Å². The largest absolute Gasteiger partial charge is 0.487 e. The van der Waals surface area contributed by atoms with Crippen molar-refractivity contribution in [2.24, 2.45) is 0 Å². The zero-order valence-corrected chi connectivity index (χ0v) is 10.9. The molecule has 19 heavy (non-hydrogen) atoms. The smallest absolute Gasteiger partial charge is 0.335 e. The maximum atomic E-state index is 10.8. The van der Waals surface area contributed by atoms with Crippen molar-refractivity contribution in [2.45, 2.75) is 20.5 Å². The summed E-state index contributed by atoms with van der Waals surface area (Å²) in [6, 6.07) is 8.76. The highest BCUT2D eigenvalue weighted by Crippen LogP contribution is 2.15. The van der Waals surface area contributed by atoms with Gasteiger partial charge in [-0.25, -0.2) is 4.79 Å². The highest BCUT2D eigenvalue weighted by atomic mass is 16.5. The summed E-state index contributed by atoms with van der Waals surface area (Å²) in [5.41, 5.74) is 3.10. The molecule has 0 spiro atoms. The Bertz CT molecular complexity index is 591. The summed E-state index contributed by atoms with van der Waals surface area (Å²) < 4.78 is 5.62. The van der Waals surface area contributed by atoms with E-state index in [1.54, 1.807) is 24.4 Å². The lowest BCUT2D eigenvalue weighted by molar-refractivity contribution is 0.0696. The van der Waals surface area contributed by atoms with Crippen molar-refractivity contribution < 1.29 is 14.6 Å². The highest BCUT2D eigenvalue weighted by molar-refractivity contribution is 5.87. The number of ether oxygens (including phenoxy) is 1. The maximum Gasteiger partial charge on any atom is 0.335 e. The molecule has 0 amide bonds. The third kappa shape index (κ3) is 3.31. The van der Waals surface area contributed by atoms with E-state index in [4.69, 9.17) is 9.84 Å². The molecule has 0 aliphatic carbocycles. The number of pyridine rings is 1. The minimum atomic E-state index is -0.918. The van der Waals surface area contributed by atoms with Crippen molar-refractivity contribution in [3.63, 3.8) is 0 Å². The summed E-state index contributed by atoms with van der Waals surface area (Å²) in [4.78, 5) is 15.0. The van der Waals surface area contributed by atoms with Gasteiger partial charge in [0.2, 0.25) is 0 Å². The van der Waals surface area contributed by atoms with Crippen molar-refractivity contribution in [3.05, 3.63) is 58.9 Å². The number of carboxylic acid groups (broad SMARTS) is 1. The molecule has 4 nitrogen and oxygen atoms in total. The van der Waals surface area contributed by atoms with Crippen LogP contribution in [-0.4, -0.2) is 16.1 Å². The predicted octanol–water partition coefficient (Wildman–Crippen LogP) is 2.98. The quantitative estimate of drug-likeness (QED) is 0.914. The monoisotopic (exact) mass is 257 g/mol. The normalized spacial score (nSPS) is 10.2. The average molecular weight is 257 g/mol. The van der Waals surface area contributed by atoms with Crippen molar-refractivity contribution >= 4 is 5.97 Å². The van der Waals surface area contributed by atoms with Crippen LogP contribution in [0.25, 0.3) is 0 Å². The second-order valence-electron chi connectivity index (χ2n) is 4.37. The number of rotatable bonds is 4. The Morgan fingerprint density at radius 3 is 2.63 bits per heavy atom. The van der Waals surface area contributed by atoms with Gasteiger partial charge in [0, 0.05) is 5.69 Å². The number of aromatic carboxylic acids is 1. The first-order valence-corrected chi connectivity index (χ1v) is 5.94. The molecule has 98 valence electrons. The van der Waals surface area contributed by atoms with E-state index in [1.807, 2.05) is 26.0 Å². The van der Waals surface area contributed by atoms with E-state index in [0.29, 0.717) is 17.9 Å². The first-order valence-electron chi connectivity index (χ1n) is 5.94. The SMILES string of the molecule is Cc1ccc(OCc2ccc(C(=O)O)cc2C)cn1. The Morgan fingerprint density at radius 2 is 2.05 bits per heavy atom. The van der Waals surface area contributed by atoms with Crippen LogP contribution < -0.4 is 4.74 Å². The highest BCUT2D eigenvalue weighted by Gasteiger charge is 2.06. The van der Waals surface area contributed by atoms with Gasteiger partial charge < -0.3 is 9.84 Å². The standard InChI is InChI=1S/C15H15NO3/c1-10-7-12(15(17)18)4-5-13(10)9-19-14-6-3-11(2)16-8-14/h3-8H,9H2,1-2H3,(H,17,18). The number of aromatic nitrogens is 1. The fourth-order valence-electron chi connectivity index (χ4n) is 1.69. The zero-order chi connectivity index (χ0) is 13.8. The summed E-state index contributed by atoms with van der Waals surface area (Å²) >= 11 is 0. The van der Waals surface area contributed by atoms with Gasteiger partial charge in [0.25, 0.3) is 0 Å². The summed E-state index contributed by atoms with van der Waals surface area (Å²) in [6.45, 7) is 4.19. The Balaban J connectivity index is 2.07. The Hall–Kier alpha value is -2.36. The van der Waals surface area contributed by atoms with Crippen molar-refractivity contribution in [2.75, 3.05) is 0 Å². The molecule has 0 unspecified atom stereocenters. The number of hydrogen-bond acceptors (Lipinski definition) is 3. The lowest BCUT2D eigenvalue weighted by Crippen LogP contribution is -2.02. The fraction of sp³-hybridized carbons (Fsp3) is 0.200. The Labute approximate surface area is 111 Å². The van der Waals surface area contributed by atoms with Crippen molar-refractivity contribution in [1.82, 2.24) is 4.98 Å². The number of hydrogen-bond donors (Lipinski definition) is 1. The topological polar surface area (TPSA) is 59.4 Å². The molecule has 0 fully saturated rings. The molecule has 0 saturated carbocycles. The molecular formula is C15H15NO3. The van der Waals surface area contributed by atoms with Gasteiger partial charge in [-0.15, -0.1) is 0 Å². The van der Waals surface area contributed by atoms with E-state index in [1.165, 1.54) is 0 Å². The van der Waals surface area contributed by atoms with Gasteiger partial charge >= 0.3 is 5.97 Å². The predicted molar refractivity (Wildman–Crippen MR) is 71.4 cm³/mol. The number of carboxylic acids is 1. The lowest BCUT2D eigenvalue weighted by atomic mass is 10.1. The molecule has 1 N–H and O–H groups in total. The molecule has 0 radical (unpaired) electrons. The molecular weight excluding hydrogens is 242 g/mol. The van der Waals surface area contributed by atoms with Gasteiger partial charge in [-0.2, -0.15) is 0 Å². The summed E-state index contributed by atoms with van der Waals surface area (Å²) in [7, 11) is 0. The Morgan fingerprint density at radius 1 is 1.26 bits per heavy atom. The van der Waals surface area contributed by atoms with E-state index in [0.717, 1.165) is 16.8 Å². The minimum Gasteiger partial charge on any atom is -0.487 e. The van der Waals surface area contributed by atoms with Gasteiger partial charge in [-0.1, -0.05) is 6.07 Å². The van der Waals surface area contributed by atoms with Gasteiger partial charge in [-0.3, -0.25) is 4.98 Å². The summed E-state index contributed by atoms with van der Waals surface area (Å²) in [5.74, 6) is -0.217. The Kier molecular flexibility index (Phi) is 3.80. The van der Waals surface area contributed by atoms with E-state index in [2.05, 4.69) is 4.98 Å². The molecule has 1 aromatic carbocycles.